The molecule has 2 heterocycles. The van der Waals surface area contributed by atoms with Crippen LogP contribution in [-0.4, -0.2) is 16.0 Å². The summed E-state index contributed by atoms with van der Waals surface area (Å²) in [5.74, 6) is 0.800. The fourth-order valence-corrected chi connectivity index (χ4v) is 2.82. The molecule has 0 fully saturated rings. The highest BCUT2D eigenvalue weighted by Crippen LogP contribution is 2.26. The minimum Gasteiger partial charge on any atom is -0.451 e. The number of amides is 1. The van der Waals surface area contributed by atoms with Crippen molar-refractivity contribution in [2.75, 3.05) is 5.32 Å². The van der Waals surface area contributed by atoms with E-state index in [1.807, 2.05) is 25.1 Å². The zero-order valence-electron chi connectivity index (χ0n) is 13.5. The first kappa shape index (κ1) is 18.8. The fourth-order valence-electron chi connectivity index (χ4n) is 2.12. The summed E-state index contributed by atoms with van der Waals surface area (Å²) in [4.78, 5) is 16.4. The molecule has 1 aromatic carbocycles. The first-order chi connectivity index (χ1) is 12.4. The maximum Gasteiger partial charge on any atom is 0.293 e. The predicted molar refractivity (Wildman–Crippen MR) is 115 cm³/mol. The molecule has 1 amide bonds. The van der Waals surface area contributed by atoms with E-state index in [9.17, 15) is 4.79 Å². The summed E-state index contributed by atoms with van der Waals surface area (Å²) in [6.07, 6.45) is 1.69. The van der Waals surface area contributed by atoms with Gasteiger partial charge in [-0.1, -0.05) is 23.7 Å². The molecule has 0 unspecified atom stereocenters. The minimum atomic E-state index is -0.447. The van der Waals surface area contributed by atoms with Gasteiger partial charge in [-0.15, -0.1) is 0 Å². The van der Waals surface area contributed by atoms with Gasteiger partial charge in [-0.3, -0.25) is 10.1 Å². The third-order valence-corrected chi connectivity index (χ3v) is 4.73. The van der Waals surface area contributed by atoms with Crippen LogP contribution in [0.1, 0.15) is 16.1 Å². The van der Waals surface area contributed by atoms with Gasteiger partial charge in [0.15, 0.2) is 10.9 Å². The average molecular weight is 498 g/mol. The average Bonchev–Trinajstić information content (AvgIpc) is 3.09. The van der Waals surface area contributed by atoms with E-state index in [1.54, 1.807) is 30.5 Å². The van der Waals surface area contributed by atoms with Gasteiger partial charge >= 0.3 is 0 Å². The van der Waals surface area contributed by atoms with E-state index in [0.29, 0.717) is 16.6 Å². The fraction of sp³-hybridized carbons (Fsp3) is 0.0556. The van der Waals surface area contributed by atoms with Crippen LogP contribution in [0.15, 0.2) is 53.1 Å². The maximum atomic E-state index is 12.3. The van der Waals surface area contributed by atoms with Crippen LogP contribution < -0.4 is 10.6 Å². The first-order valence-corrected chi connectivity index (χ1v) is 9.39. The molecule has 3 rings (SSSR count). The van der Waals surface area contributed by atoms with Crippen LogP contribution in [0.25, 0.3) is 11.3 Å². The summed E-state index contributed by atoms with van der Waals surface area (Å²) in [6.45, 7) is 1.92. The maximum absolute atomic E-state index is 12.3. The van der Waals surface area contributed by atoms with Crippen molar-refractivity contribution < 1.29 is 9.21 Å². The largest absolute Gasteiger partial charge is 0.451 e. The lowest BCUT2D eigenvalue weighted by molar-refractivity contribution is 0.0951. The third-order valence-electron chi connectivity index (χ3n) is 3.48. The van der Waals surface area contributed by atoms with Crippen molar-refractivity contribution in [3.63, 3.8) is 0 Å². The molecule has 0 radical (unpaired) electrons. The van der Waals surface area contributed by atoms with Gasteiger partial charge in [0.25, 0.3) is 5.91 Å². The number of hydrogen-bond acceptors (Lipinski definition) is 4. The third kappa shape index (κ3) is 4.60. The summed E-state index contributed by atoms with van der Waals surface area (Å²) in [7, 11) is 0. The second kappa shape index (κ2) is 8.15. The van der Waals surface area contributed by atoms with Crippen LogP contribution in [0.5, 0.6) is 0 Å². The number of anilines is 1. The molecule has 5 nitrogen and oxygen atoms in total. The molecule has 0 spiro atoms. The number of hydrogen-bond donors (Lipinski definition) is 2. The van der Waals surface area contributed by atoms with Crippen LogP contribution >= 0.6 is 46.4 Å². The second-order valence-corrected chi connectivity index (χ2v) is 7.46. The Morgan fingerprint density at radius 1 is 1.23 bits per heavy atom. The van der Waals surface area contributed by atoms with E-state index < -0.39 is 5.91 Å². The van der Waals surface area contributed by atoms with Crippen LogP contribution in [0, 0.1) is 10.5 Å². The Labute approximate surface area is 174 Å². The number of aromatic nitrogens is 1. The van der Waals surface area contributed by atoms with Crippen molar-refractivity contribution in [2.24, 2.45) is 0 Å². The van der Waals surface area contributed by atoms with E-state index >= 15 is 0 Å². The van der Waals surface area contributed by atoms with Gasteiger partial charge in [-0.05, 0) is 77.6 Å². The van der Waals surface area contributed by atoms with Gasteiger partial charge < -0.3 is 9.73 Å². The number of rotatable bonds is 3. The molecule has 26 heavy (non-hydrogen) atoms. The smallest absolute Gasteiger partial charge is 0.293 e. The van der Waals surface area contributed by atoms with E-state index in [2.05, 4.69) is 38.2 Å². The Balaban J connectivity index is 1.66. The van der Waals surface area contributed by atoms with Crippen molar-refractivity contribution in [3.05, 3.63) is 68.6 Å². The summed E-state index contributed by atoms with van der Waals surface area (Å²) >= 11 is 13.4. The second-order valence-electron chi connectivity index (χ2n) is 5.40. The van der Waals surface area contributed by atoms with Crippen molar-refractivity contribution in [3.8, 4) is 11.3 Å². The van der Waals surface area contributed by atoms with Gasteiger partial charge in [-0.2, -0.15) is 0 Å². The lowest BCUT2D eigenvalue weighted by Gasteiger charge is -2.07. The zero-order valence-corrected chi connectivity index (χ0v) is 17.3. The molecule has 2 aromatic heterocycles. The molecular formula is C18H13ClIN3O2S. The number of aryl methyl sites for hydroxylation is 1. The molecular weight excluding hydrogens is 485 g/mol. The molecule has 8 heteroatoms. The predicted octanol–water partition coefficient (Wildman–Crippen LogP) is 5.03. The molecule has 0 atom stereocenters. The summed E-state index contributed by atoms with van der Waals surface area (Å²) in [5.41, 5.74) is 1.77. The van der Waals surface area contributed by atoms with Crippen molar-refractivity contribution in [2.45, 2.75) is 6.92 Å². The highest BCUT2D eigenvalue weighted by Gasteiger charge is 2.14. The standard InChI is InChI=1S/C18H13ClIN3O2S/c1-10-2-3-11(8-13(10)19)14-5-6-15(25-14)17(24)23-18(26)22-16-7-4-12(20)9-21-16/h2-9H,1H3,(H2,21,22,23,24,26). The lowest BCUT2D eigenvalue weighted by atomic mass is 10.1. The normalized spacial score (nSPS) is 10.4. The van der Waals surface area contributed by atoms with Crippen molar-refractivity contribution in [1.29, 1.82) is 0 Å². The molecule has 0 aliphatic heterocycles. The summed E-state index contributed by atoms with van der Waals surface area (Å²) in [6, 6.07) is 12.5. The number of nitrogens with zero attached hydrogens (tertiary/aromatic N) is 1. The Bertz CT molecular complexity index is 973. The van der Waals surface area contributed by atoms with Gasteiger partial charge in [0.1, 0.15) is 11.6 Å². The number of benzene rings is 1. The molecule has 0 aliphatic carbocycles. The van der Waals surface area contributed by atoms with Crippen LogP contribution in [0.2, 0.25) is 5.02 Å². The van der Waals surface area contributed by atoms with Crippen molar-refractivity contribution in [1.82, 2.24) is 10.3 Å². The number of carbonyl (C=O) groups excluding carboxylic acids is 1. The molecule has 0 aliphatic rings. The summed E-state index contributed by atoms with van der Waals surface area (Å²) in [5, 5.41) is 6.19. The monoisotopic (exact) mass is 497 g/mol. The van der Waals surface area contributed by atoms with Crippen LogP contribution in [0.3, 0.4) is 0 Å². The van der Waals surface area contributed by atoms with E-state index in [-0.39, 0.29) is 10.9 Å². The van der Waals surface area contributed by atoms with Gasteiger partial charge in [0, 0.05) is 20.4 Å². The number of carbonyl (C=O) groups is 1. The van der Waals surface area contributed by atoms with Gasteiger partial charge in [0.2, 0.25) is 0 Å². The molecule has 0 saturated carbocycles. The van der Waals surface area contributed by atoms with Gasteiger partial charge in [-0.25, -0.2) is 4.98 Å². The van der Waals surface area contributed by atoms with Crippen LogP contribution in [0.4, 0.5) is 5.82 Å². The SMILES string of the molecule is Cc1ccc(-c2ccc(C(=O)NC(=S)Nc3ccc(I)cn3)o2)cc1Cl. The summed E-state index contributed by atoms with van der Waals surface area (Å²) < 4.78 is 6.62. The zero-order chi connectivity index (χ0) is 18.7. The molecule has 2 N–H and O–H groups in total. The Kier molecular flexibility index (Phi) is 5.90. The minimum absolute atomic E-state index is 0.139. The number of furan rings is 1. The molecule has 132 valence electrons. The first-order valence-electron chi connectivity index (χ1n) is 7.52. The Morgan fingerprint density at radius 2 is 2.04 bits per heavy atom. The number of thiocarbonyl (C=S) groups is 1. The quantitative estimate of drug-likeness (QED) is 0.392. The molecule has 3 aromatic rings. The molecule has 0 saturated heterocycles. The highest BCUT2D eigenvalue weighted by molar-refractivity contribution is 14.1. The van der Waals surface area contributed by atoms with Crippen molar-refractivity contribution >= 4 is 63.2 Å². The number of nitrogens with one attached hydrogen (secondary N) is 2. The van der Waals surface area contributed by atoms with E-state index in [1.165, 1.54) is 0 Å². The number of halogens is 2. The molecule has 0 bridgehead atoms. The Morgan fingerprint density at radius 3 is 2.73 bits per heavy atom. The highest BCUT2D eigenvalue weighted by atomic mass is 127. The van der Waals surface area contributed by atoms with E-state index in [4.69, 9.17) is 28.2 Å². The van der Waals surface area contributed by atoms with Gasteiger partial charge in [0.05, 0.1) is 0 Å². The van der Waals surface area contributed by atoms with E-state index in [0.717, 1.165) is 14.7 Å². The van der Waals surface area contributed by atoms with Crippen LogP contribution in [-0.2, 0) is 0 Å². The Hall–Kier alpha value is -1.97. The topological polar surface area (TPSA) is 67.2 Å². The lowest BCUT2D eigenvalue weighted by Crippen LogP contribution is -2.34. The number of pyridine rings is 1.